The molecule has 5 nitrogen and oxygen atoms in total. The Morgan fingerprint density at radius 2 is 2.08 bits per heavy atom. The van der Waals surface area contributed by atoms with E-state index in [0.29, 0.717) is 17.7 Å². The van der Waals surface area contributed by atoms with Gasteiger partial charge in [-0.15, -0.1) is 0 Å². The highest BCUT2D eigenvalue weighted by atomic mass is 79.9. The normalized spacial score (nSPS) is 10.9. The van der Waals surface area contributed by atoms with Gasteiger partial charge in [0.2, 0.25) is 0 Å². The molecule has 0 unspecified atom stereocenters. The Bertz CT molecular complexity index is 1020. The molecule has 0 aliphatic heterocycles. The van der Waals surface area contributed by atoms with Crippen LogP contribution in [-0.4, -0.2) is 15.7 Å². The summed E-state index contributed by atoms with van der Waals surface area (Å²) in [5.41, 5.74) is 15.5. The molecule has 0 atom stereocenters. The van der Waals surface area contributed by atoms with Gasteiger partial charge < -0.3 is 11.5 Å². The lowest BCUT2D eigenvalue weighted by atomic mass is 9.93. The number of carbonyl (C=O) groups excluding carboxylic acids is 1. The Kier molecular flexibility index (Phi) is 5.27. The molecule has 1 aromatic heterocycles. The van der Waals surface area contributed by atoms with Crippen LogP contribution >= 0.6 is 39.1 Å². The third kappa shape index (κ3) is 3.45. The maximum absolute atomic E-state index is 11.8. The van der Waals surface area contributed by atoms with E-state index in [0.717, 1.165) is 21.2 Å². The van der Waals surface area contributed by atoms with Crippen LogP contribution in [0.25, 0.3) is 11.1 Å². The largest absolute Gasteiger partial charge is 0.398 e. The van der Waals surface area contributed by atoms with Crippen molar-refractivity contribution in [3.05, 3.63) is 67.9 Å². The molecule has 1 amide bonds. The van der Waals surface area contributed by atoms with Gasteiger partial charge in [-0.3, -0.25) is 9.48 Å². The van der Waals surface area contributed by atoms with E-state index < -0.39 is 5.91 Å². The van der Waals surface area contributed by atoms with Crippen molar-refractivity contribution in [2.45, 2.75) is 6.42 Å². The van der Waals surface area contributed by atoms with Gasteiger partial charge in [-0.1, -0.05) is 35.3 Å². The molecule has 0 saturated heterocycles. The van der Waals surface area contributed by atoms with Gasteiger partial charge in [0.25, 0.3) is 5.91 Å². The minimum atomic E-state index is -0.679. The van der Waals surface area contributed by atoms with Crippen molar-refractivity contribution in [1.82, 2.24) is 9.78 Å². The second-order valence-electron chi connectivity index (χ2n) is 5.83. The highest BCUT2D eigenvalue weighted by Gasteiger charge is 2.22. The van der Waals surface area contributed by atoms with Crippen molar-refractivity contribution in [3.8, 4) is 11.1 Å². The van der Waals surface area contributed by atoms with Crippen molar-refractivity contribution in [2.24, 2.45) is 12.8 Å². The van der Waals surface area contributed by atoms with E-state index in [4.69, 9.17) is 34.7 Å². The van der Waals surface area contributed by atoms with Gasteiger partial charge in [0.05, 0.1) is 21.8 Å². The van der Waals surface area contributed by atoms with Gasteiger partial charge in [-0.2, -0.15) is 5.10 Å². The maximum Gasteiger partial charge on any atom is 0.251 e. The summed E-state index contributed by atoms with van der Waals surface area (Å²) in [5.74, 6) is -0.679. The number of amides is 1. The van der Waals surface area contributed by atoms with E-state index in [9.17, 15) is 4.79 Å². The number of para-hydroxylation sites is 1. The van der Waals surface area contributed by atoms with Crippen molar-refractivity contribution < 1.29 is 4.79 Å². The van der Waals surface area contributed by atoms with E-state index in [1.54, 1.807) is 16.9 Å². The molecule has 1 heterocycles. The van der Waals surface area contributed by atoms with Gasteiger partial charge in [-0.05, 0) is 44.8 Å². The third-order valence-corrected chi connectivity index (χ3v) is 5.50. The van der Waals surface area contributed by atoms with Crippen molar-refractivity contribution in [3.63, 3.8) is 0 Å². The second kappa shape index (κ2) is 7.31. The van der Waals surface area contributed by atoms with Crippen LogP contribution in [-0.2, 0) is 13.5 Å². The van der Waals surface area contributed by atoms with Crippen LogP contribution in [0, 0.1) is 0 Å². The lowest BCUT2D eigenvalue weighted by molar-refractivity contribution is 0.100. The van der Waals surface area contributed by atoms with Crippen LogP contribution in [0.3, 0.4) is 0 Å². The number of aryl methyl sites for hydroxylation is 1. The lowest BCUT2D eigenvalue weighted by Gasteiger charge is -2.16. The van der Waals surface area contributed by atoms with E-state index in [-0.39, 0.29) is 15.6 Å². The van der Waals surface area contributed by atoms with Crippen LogP contribution < -0.4 is 11.5 Å². The van der Waals surface area contributed by atoms with Crippen LogP contribution in [0.1, 0.15) is 21.5 Å². The molecule has 0 aliphatic rings. The van der Waals surface area contributed by atoms with Gasteiger partial charge in [-0.25, -0.2) is 0 Å². The Hall–Kier alpha value is -2.02. The third-order valence-electron chi connectivity index (χ3n) is 4.09. The highest BCUT2D eigenvalue weighted by molar-refractivity contribution is 9.10. The first kappa shape index (κ1) is 18.8. The van der Waals surface area contributed by atoms with Gasteiger partial charge in [0.15, 0.2) is 0 Å². The summed E-state index contributed by atoms with van der Waals surface area (Å²) in [6.45, 7) is 0. The minimum absolute atomic E-state index is 0.101. The summed E-state index contributed by atoms with van der Waals surface area (Å²) in [7, 11) is 1.82. The fourth-order valence-electron chi connectivity index (χ4n) is 2.80. The van der Waals surface area contributed by atoms with Gasteiger partial charge in [0, 0.05) is 35.4 Å². The molecular formula is C18H15BrCl2N4O. The number of benzene rings is 2. The van der Waals surface area contributed by atoms with E-state index in [1.807, 2.05) is 31.4 Å². The SMILES string of the molecule is Cn1cc(-c2cc(Cl)c(C(N)=O)c(Cl)c2Cc2cccc(Br)c2N)cn1. The van der Waals surface area contributed by atoms with Crippen molar-refractivity contribution >= 4 is 50.7 Å². The molecule has 0 spiro atoms. The highest BCUT2D eigenvalue weighted by Crippen LogP contribution is 2.38. The Morgan fingerprint density at radius 3 is 2.69 bits per heavy atom. The average Bonchev–Trinajstić information content (AvgIpc) is 3.00. The zero-order chi connectivity index (χ0) is 19.0. The zero-order valence-corrected chi connectivity index (χ0v) is 16.9. The molecule has 2 aromatic carbocycles. The predicted molar refractivity (Wildman–Crippen MR) is 109 cm³/mol. The molecule has 0 aliphatic carbocycles. The number of nitrogen functional groups attached to an aromatic ring is 1. The van der Waals surface area contributed by atoms with E-state index in [1.165, 1.54) is 0 Å². The average molecular weight is 454 g/mol. The van der Waals surface area contributed by atoms with Crippen molar-refractivity contribution in [1.29, 1.82) is 0 Å². The predicted octanol–water partition coefficient (Wildman–Crippen LogP) is 4.43. The quantitative estimate of drug-likeness (QED) is 0.573. The molecule has 0 fully saturated rings. The molecule has 0 saturated carbocycles. The summed E-state index contributed by atoms with van der Waals surface area (Å²) in [6.07, 6.45) is 3.96. The maximum atomic E-state index is 11.8. The number of primary amides is 1. The summed E-state index contributed by atoms with van der Waals surface area (Å²) >= 11 is 16.2. The number of halogens is 3. The first-order chi connectivity index (χ1) is 12.3. The number of nitrogens with zero attached hydrogens (tertiary/aromatic N) is 2. The number of carbonyl (C=O) groups is 1. The smallest absolute Gasteiger partial charge is 0.251 e. The second-order valence-corrected chi connectivity index (χ2v) is 7.47. The van der Waals surface area contributed by atoms with Crippen LogP contribution in [0.5, 0.6) is 0 Å². The summed E-state index contributed by atoms with van der Waals surface area (Å²) < 4.78 is 2.47. The lowest BCUT2D eigenvalue weighted by Crippen LogP contribution is -2.14. The number of rotatable bonds is 4. The minimum Gasteiger partial charge on any atom is -0.398 e. The van der Waals surface area contributed by atoms with Gasteiger partial charge >= 0.3 is 0 Å². The van der Waals surface area contributed by atoms with Gasteiger partial charge in [0.1, 0.15) is 0 Å². The summed E-state index contributed by atoms with van der Waals surface area (Å²) in [4.78, 5) is 11.8. The zero-order valence-electron chi connectivity index (χ0n) is 13.8. The molecule has 0 bridgehead atoms. The standard InChI is InChI=1S/C18H15BrCl2N4O/c1-25-8-10(7-24-25)11-6-14(20)15(18(23)26)16(21)12(11)5-9-3-2-4-13(19)17(9)22/h2-4,6-8H,5,22H2,1H3,(H2,23,26). The molecule has 8 heteroatoms. The monoisotopic (exact) mass is 452 g/mol. The summed E-state index contributed by atoms with van der Waals surface area (Å²) in [6, 6.07) is 7.34. The number of anilines is 1. The Balaban J connectivity index is 2.25. The fourth-order valence-corrected chi connectivity index (χ4v) is 3.92. The van der Waals surface area contributed by atoms with Crippen LogP contribution in [0.2, 0.25) is 10.0 Å². The first-order valence-corrected chi connectivity index (χ1v) is 9.17. The number of nitrogens with two attached hydrogens (primary N) is 2. The Labute approximate surface area is 169 Å². The molecule has 26 heavy (non-hydrogen) atoms. The number of hydrogen-bond donors (Lipinski definition) is 2. The molecule has 3 aromatic rings. The first-order valence-electron chi connectivity index (χ1n) is 7.62. The molecular weight excluding hydrogens is 439 g/mol. The fraction of sp³-hybridized carbons (Fsp3) is 0.111. The molecule has 4 N–H and O–H groups in total. The van der Waals surface area contributed by atoms with E-state index >= 15 is 0 Å². The number of hydrogen-bond acceptors (Lipinski definition) is 3. The molecule has 134 valence electrons. The van der Waals surface area contributed by atoms with Crippen molar-refractivity contribution in [2.75, 3.05) is 5.73 Å². The summed E-state index contributed by atoms with van der Waals surface area (Å²) in [5, 5.41) is 4.62. The van der Waals surface area contributed by atoms with Crippen LogP contribution in [0.4, 0.5) is 5.69 Å². The topological polar surface area (TPSA) is 86.9 Å². The van der Waals surface area contributed by atoms with E-state index in [2.05, 4.69) is 21.0 Å². The Morgan fingerprint density at radius 1 is 1.35 bits per heavy atom. The number of aromatic nitrogens is 2. The molecule has 0 radical (unpaired) electrons. The van der Waals surface area contributed by atoms with Crippen LogP contribution in [0.15, 0.2) is 41.1 Å². The molecule has 3 rings (SSSR count).